The lowest BCUT2D eigenvalue weighted by molar-refractivity contribution is 0.102. The van der Waals surface area contributed by atoms with Crippen molar-refractivity contribution in [3.8, 4) is 11.5 Å². The first-order valence-electron chi connectivity index (χ1n) is 9.98. The predicted octanol–water partition coefficient (Wildman–Crippen LogP) is 5.49. The lowest BCUT2D eigenvalue weighted by atomic mass is 10.2. The number of ether oxygens (including phenoxy) is 2. The molecule has 1 heterocycles. The van der Waals surface area contributed by atoms with Crippen molar-refractivity contribution in [1.29, 1.82) is 0 Å². The Hall–Kier alpha value is -4.12. The van der Waals surface area contributed by atoms with E-state index in [1.54, 1.807) is 42.6 Å². The minimum atomic E-state index is -0.266. The molecule has 4 rings (SSSR count). The van der Waals surface area contributed by atoms with Crippen molar-refractivity contribution >= 4 is 11.7 Å². The van der Waals surface area contributed by atoms with Crippen LogP contribution in [0.3, 0.4) is 0 Å². The Morgan fingerprint density at radius 2 is 1.32 bits per heavy atom. The first-order valence-corrected chi connectivity index (χ1v) is 9.98. The molecule has 4 aromatic rings. The van der Waals surface area contributed by atoms with E-state index >= 15 is 0 Å². The summed E-state index contributed by atoms with van der Waals surface area (Å²) in [6.07, 6.45) is 1.62. The maximum absolute atomic E-state index is 12.7. The second-order valence-electron chi connectivity index (χ2n) is 6.88. The fraction of sp³-hybridized carbons (Fsp3) is 0.0769. The average Bonchev–Trinajstić information content (AvgIpc) is 2.84. The highest BCUT2D eigenvalue weighted by Crippen LogP contribution is 2.23. The van der Waals surface area contributed by atoms with E-state index in [1.807, 2.05) is 60.7 Å². The summed E-state index contributed by atoms with van der Waals surface area (Å²) in [6.45, 7) is 0.866. The minimum absolute atomic E-state index is 0.266. The first-order chi connectivity index (χ1) is 15.3. The van der Waals surface area contributed by atoms with Crippen LogP contribution in [0, 0.1) is 0 Å². The standard InChI is InChI=1S/C26H22N2O3/c29-26(22-13-15-23(16-14-22)30-18-20-8-3-1-4-9-20)28-25-24(12-7-17-27-25)31-19-21-10-5-2-6-11-21/h1-17H,18-19H2,(H,27,28,29). The third-order valence-electron chi connectivity index (χ3n) is 4.60. The molecule has 0 fully saturated rings. The molecule has 0 spiro atoms. The van der Waals surface area contributed by atoms with Crippen LogP contribution in [0.15, 0.2) is 103 Å². The van der Waals surface area contributed by atoms with E-state index < -0.39 is 0 Å². The fourth-order valence-corrected chi connectivity index (χ4v) is 2.96. The van der Waals surface area contributed by atoms with Crippen LogP contribution < -0.4 is 14.8 Å². The molecule has 0 radical (unpaired) electrons. The summed E-state index contributed by atoms with van der Waals surface area (Å²) in [7, 11) is 0. The van der Waals surface area contributed by atoms with Gasteiger partial charge in [-0.25, -0.2) is 4.98 Å². The average molecular weight is 410 g/mol. The number of hydrogen-bond donors (Lipinski definition) is 1. The highest BCUT2D eigenvalue weighted by molar-refractivity contribution is 6.04. The van der Waals surface area contributed by atoms with Crippen molar-refractivity contribution in [2.75, 3.05) is 5.32 Å². The molecule has 5 nitrogen and oxygen atoms in total. The number of amides is 1. The first kappa shape index (κ1) is 20.2. The Morgan fingerprint density at radius 1 is 0.710 bits per heavy atom. The van der Waals surface area contributed by atoms with Gasteiger partial charge in [-0.2, -0.15) is 0 Å². The van der Waals surface area contributed by atoms with Crippen LogP contribution in [0.2, 0.25) is 0 Å². The molecule has 0 aliphatic carbocycles. The molecule has 0 saturated heterocycles. The van der Waals surface area contributed by atoms with Crippen LogP contribution in [0.4, 0.5) is 5.82 Å². The predicted molar refractivity (Wildman–Crippen MR) is 120 cm³/mol. The summed E-state index contributed by atoms with van der Waals surface area (Å²) >= 11 is 0. The van der Waals surface area contributed by atoms with Crippen molar-refractivity contribution in [2.45, 2.75) is 13.2 Å². The zero-order valence-corrected chi connectivity index (χ0v) is 16.9. The van der Waals surface area contributed by atoms with E-state index in [0.717, 1.165) is 11.1 Å². The smallest absolute Gasteiger partial charge is 0.256 e. The minimum Gasteiger partial charge on any atom is -0.489 e. The molecule has 154 valence electrons. The van der Waals surface area contributed by atoms with Gasteiger partial charge in [0.15, 0.2) is 11.6 Å². The maximum Gasteiger partial charge on any atom is 0.256 e. The van der Waals surface area contributed by atoms with Crippen molar-refractivity contribution < 1.29 is 14.3 Å². The van der Waals surface area contributed by atoms with Gasteiger partial charge in [-0.05, 0) is 47.5 Å². The van der Waals surface area contributed by atoms with Crippen LogP contribution >= 0.6 is 0 Å². The normalized spacial score (nSPS) is 10.3. The van der Waals surface area contributed by atoms with E-state index in [4.69, 9.17) is 9.47 Å². The molecule has 0 atom stereocenters. The van der Waals surface area contributed by atoms with E-state index in [-0.39, 0.29) is 5.91 Å². The topological polar surface area (TPSA) is 60.5 Å². The van der Waals surface area contributed by atoms with Gasteiger partial charge in [-0.1, -0.05) is 60.7 Å². The summed E-state index contributed by atoms with van der Waals surface area (Å²) in [6, 6.07) is 30.3. The number of nitrogens with one attached hydrogen (secondary N) is 1. The van der Waals surface area contributed by atoms with Crippen LogP contribution in [0.25, 0.3) is 0 Å². The van der Waals surface area contributed by atoms with E-state index in [9.17, 15) is 4.79 Å². The van der Waals surface area contributed by atoms with Gasteiger partial charge in [0.2, 0.25) is 0 Å². The van der Waals surface area contributed by atoms with Crippen LogP contribution in [0.1, 0.15) is 21.5 Å². The summed E-state index contributed by atoms with van der Waals surface area (Å²) in [5.74, 6) is 1.33. The zero-order chi connectivity index (χ0) is 21.3. The fourth-order valence-electron chi connectivity index (χ4n) is 2.96. The van der Waals surface area contributed by atoms with Gasteiger partial charge < -0.3 is 14.8 Å². The van der Waals surface area contributed by atoms with Crippen LogP contribution in [0.5, 0.6) is 11.5 Å². The van der Waals surface area contributed by atoms with Gasteiger partial charge in [-0.15, -0.1) is 0 Å². The van der Waals surface area contributed by atoms with Gasteiger partial charge in [0.25, 0.3) is 5.91 Å². The quantitative estimate of drug-likeness (QED) is 0.417. The Balaban J connectivity index is 1.37. The number of anilines is 1. The van der Waals surface area contributed by atoms with E-state index in [2.05, 4.69) is 10.3 Å². The van der Waals surface area contributed by atoms with Gasteiger partial charge in [0, 0.05) is 11.8 Å². The molecule has 0 saturated carbocycles. The molecular formula is C26H22N2O3. The van der Waals surface area contributed by atoms with Gasteiger partial charge in [0.1, 0.15) is 19.0 Å². The molecule has 0 unspecified atom stereocenters. The number of pyridine rings is 1. The van der Waals surface area contributed by atoms with Crippen molar-refractivity contribution in [3.63, 3.8) is 0 Å². The van der Waals surface area contributed by atoms with Gasteiger partial charge in [0.05, 0.1) is 0 Å². The second kappa shape index (κ2) is 10.1. The van der Waals surface area contributed by atoms with Gasteiger partial charge >= 0.3 is 0 Å². The lowest BCUT2D eigenvalue weighted by Crippen LogP contribution is -2.14. The SMILES string of the molecule is O=C(Nc1ncccc1OCc1ccccc1)c1ccc(OCc2ccccc2)cc1. The number of benzene rings is 3. The Labute approximate surface area is 181 Å². The largest absolute Gasteiger partial charge is 0.489 e. The number of rotatable bonds is 8. The molecular weight excluding hydrogens is 388 g/mol. The Morgan fingerprint density at radius 3 is 1.97 bits per heavy atom. The Kier molecular flexibility index (Phi) is 6.55. The molecule has 0 bridgehead atoms. The molecule has 0 aliphatic rings. The second-order valence-corrected chi connectivity index (χ2v) is 6.88. The summed E-state index contributed by atoms with van der Waals surface area (Å²) < 4.78 is 11.6. The van der Waals surface area contributed by atoms with Crippen molar-refractivity contribution in [1.82, 2.24) is 4.98 Å². The monoisotopic (exact) mass is 410 g/mol. The molecule has 0 aliphatic heterocycles. The Bertz CT molecular complexity index is 1110. The number of aromatic nitrogens is 1. The highest BCUT2D eigenvalue weighted by atomic mass is 16.5. The van der Waals surface area contributed by atoms with E-state index in [0.29, 0.717) is 36.1 Å². The third-order valence-corrected chi connectivity index (χ3v) is 4.60. The van der Waals surface area contributed by atoms with Crippen LogP contribution in [-0.2, 0) is 13.2 Å². The molecule has 5 heteroatoms. The van der Waals surface area contributed by atoms with Crippen molar-refractivity contribution in [3.05, 3.63) is 120 Å². The molecule has 1 aromatic heterocycles. The van der Waals surface area contributed by atoms with Gasteiger partial charge in [-0.3, -0.25) is 4.79 Å². The summed E-state index contributed by atoms with van der Waals surface area (Å²) in [5.41, 5.74) is 2.63. The molecule has 31 heavy (non-hydrogen) atoms. The number of nitrogens with zero attached hydrogens (tertiary/aromatic N) is 1. The number of carbonyl (C=O) groups excluding carboxylic acids is 1. The van der Waals surface area contributed by atoms with Crippen LogP contribution in [-0.4, -0.2) is 10.9 Å². The highest BCUT2D eigenvalue weighted by Gasteiger charge is 2.11. The number of carbonyl (C=O) groups is 1. The molecule has 1 N–H and O–H groups in total. The maximum atomic E-state index is 12.7. The van der Waals surface area contributed by atoms with Crippen molar-refractivity contribution in [2.24, 2.45) is 0 Å². The molecule has 3 aromatic carbocycles. The summed E-state index contributed by atoms with van der Waals surface area (Å²) in [4.78, 5) is 16.9. The lowest BCUT2D eigenvalue weighted by Gasteiger charge is -2.12. The van der Waals surface area contributed by atoms with E-state index in [1.165, 1.54) is 0 Å². The number of hydrogen-bond acceptors (Lipinski definition) is 4. The summed E-state index contributed by atoms with van der Waals surface area (Å²) in [5, 5.41) is 2.82. The molecule has 1 amide bonds. The third kappa shape index (κ3) is 5.70. The zero-order valence-electron chi connectivity index (χ0n) is 16.9.